The van der Waals surface area contributed by atoms with Gasteiger partial charge in [0.25, 0.3) is 0 Å². The molecular weight excluding hydrogens is 329 g/mol. The minimum atomic E-state index is -0.154. The van der Waals surface area contributed by atoms with Crippen LogP contribution in [0.1, 0.15) is 43.4 Å². The number of methoxy groups -OCH3 is 1. The van der Waals surface area contributed by atoms with Crippen LogP contribution in [0.25, 0.3) is 0 Å². The minimum absolute atomic E-state index is 0.154. The van der Waals surface area contributed by atoms with E-state index < -0.39 is 0 Å². The third kappa shape index (κ3) is 4.61. The van der Waals surface area contributed by atoms with Gasteiger partial charge in [-0.2, -0.15) is 0 Å². The van der Waals surface area contributed by atoms with Gasteiger partial charge in [0.05, 0.1) is 7.11 Å². The Morgan fingerprint density at radius 2 is 2.00 bits per heavy atom. The molecule has 0 radical (unpaired) electrons. The quantitative estimate of drug-likeness (QED) is 0.572. The van der Waals surface area contributed by atoms with Gasteiger partial charge in [-0.05, 0) is 48.5 Å². The smallest absolute Gasteiger partial charge is 0.119 e. The first-order valence-electron chi connectivity index (χ1n) is 8.62. The fourth-order valence-corrected chi connectivity index (χ4v) is 4.94. The van der Waals surface area contributed by atoms with Crippen LogP contribution in [0.5, 0.6) is 11.5 Å². The van der Waals surface area contributed by atoms with Crippen LogP contribution >= 0.6 is 8.58 Å². The van der Waals surface area contributed by atoms with Gasteiger partial charge in [0.1, 0.15) is 11.5 Å². The molecule has 0 saturated carbocycles. The lowest BCUT2D eigenvalue weighted by molar-refractivity contribution is 0.407. The average Bonchev–Trinajstić information content (AvgIpc) is 2.58. The summed E-state index contributed by atoms with van der Waals surface area (Å²) in [5, 5.41) is 11.6. The summed E-state index contributed by atoms with van der Waals surface area (Å²) >= 11 is 0. The number of phenols is 1. The van der Waals surface area contributed by atoms with Gasteiger partial charge in [0, 0.05) is 24.0 Å². The Labute approximate surface area is 152 Å². The second-order valence-electron chi connectivity index (χ2n) is 6.57. The van der Waals surface area contributed by atoms with Crippen LogP contribution in [0.3, 0.4) is 0 Å². The van der Waals surface area contributed by atoms with Crippen molar-refractivity contribution in [3.8, 4) is 11.5 Å². The maximum Gasteiger partial charge on any atom is 0.119 e. The van der Waals surface area contributed by atoms with Crippen molar-refractivity contribution in [3.05, 3.63) is 53.1 Å². The molecule has 1 N–H and O–H groups in total. The predicted octanol–water partition coefficient (Wildman–Crippen LogP) is 4.78. The summed E-state index contributed by atoms with van der Waals surface area (Å²) < 4.78 is 5.38. The number of ether oxygens (including phenoxy) is 1. The monoisotopic (exact) mass is 357 g/mol. The Morgan fingerprint density at radius 1 is 1.24 bits per heavy atom. The molecule has 2 aromatic rings. The van der Waals surface area contributed by atoms with Crippen molar-refractivity contribution in [1.82, 2.24) is 0 Å². The van der Waals surface area contributed by atoms with Crippen LogP contribution < -0.4 is 10.0 Å². The molecule has 0 aliphatic rings. The van der Waals surface area contributed by atoms with Gasteiger partial charge in [-0.3, -0.25) is 4.99 Å². The normalized spacial score (nSPS) is 14.3. The fourth-order valence-electron chi connectivity index (χ4n) is 3.19. The molecule has 134 valence electrons. The van der Waals surface area contributed by atoms with Gasteiger partial charge in [0.2, 0.25) is 0 Å². The molecule has 0 bridgehead atoms. The molecular formula is C21H28NO2P. The van der Waals surface area contributed by atoms with Crippen molar-refractivity contribution in [2.24, 2.45) is 4.99 Å². The lowest BCUT2D eigenvalue weighted by Crippen LogP contribution is -2.21. The molecule has 0 saturated heterocycles. The number of aromatic hydroxyl groups is 1. The van der Waals surface area contributed by atoms with Gasteiger partial charge in [-0.15, -0.1) is 0 Å². The summed E-state index contributed by atoms with van der Waals surface area (Å²) in [6.45, 7) is 6.51. The fraction of sp³-hybridized carbons (Fsp3) is 0.381. The molecule has 0 aliphatic heterocycles. The highest BCUT2D eigenvalue weighted by molar-refractivity contribution is 7.48. The van der Waals surface area contributed by atoms with E-state index in [0.717, 1.165) is 29.7 Å². The van der Waals surface area contributed by atoms with E-state index in [-0.39, 0.29) is 5.16 Å². The molecule has 0 spiro atoms. The summed E-state index contributed by atoms with van der Waals surface area (Å²) in [7, 11) is 3.98. The Balaban J connectivity index is 2.51. The first-order chi connectivity index (χ1) is 11.9. The number of benzene rings is 2. The van der Waals surface area contributed by atoms with Crippen LogP contribution in [0.4, 0.5) is 0 Å². The minimum Gasteiger partial charge on any atom is -0.508 e. The first-order valence-corrected chi connectivity index (χ1v) is 9.62. The Morgan fingerprint density at radius 3 is 2.64 bits per heavy atom. The van der Waals surface area contributed by atoms with Crippen molar-refractivity contribution in [3.63, 3.8) is 0 Å². The second kappa shape index (κ2) is 8.49. The topological polar surface area (TPSA) is 41.8 Å². The number of hydrogen-bond acceptors (Lipinski definition) is 3. The zero-order valence-corrected chi connectivity index (χ0v) is 16.8. The molecule has 4 heteroatoms. The highest BCUT2D eigenvalue weighted by Gasteiger charge is 2.30. The van der Waals surface area contributed by atoms with Crippen LogP contribution in [-0.2, 0) is 5.16 Å². The zero-order valence-electron chi connectivity index (χ0n) is 15.8. The number of nitrogens with zero attached hydrogens (tertiary/aromatic N) is 1. The van der Waals surface area contributed by atoms with Crippen molar-refractivity contribution in [2.45, 2.75) is 38.8 Å². The molecule has 0 fully saturated rings. The third-order valence-electron chi connectivity index (χ3n) is 4.43. The molecule has 0 aliphatic carbocycles. The average molecular weight is 357 g/mol. The molecule has 3 nitrogen and oxygen atoms in total. The van der Waals surface area contributed by atoms with Gasteiger partial charge >= 0.3 is 0 Å². The van der Waals surface area contributed by atoms with E-state index in [9.17, 15) is 5.11 Å². The van der Waals surface area contributed by atoms with Crippen LogP contribution in [0, 0.1) is 6.92 Å². The molecule has 2 unspecified atom stereocenters. The number of phenolic OH excluding ortho intramolecular Hbond substituents is 1. The van der Waals surface area contributed by atoms with E-state index in [2.05, 4.69) is 44.0 Å². The van der Waals surface area contributed by atoms with Crippen LogP contribution in [0.2, 0.25) is 0 Å². The Kier molecular flexibility index (Phi) is 6.61. The van der Waals surface area contributed by atoms with E-state index in [1.807, 2.05) is 12.3 Å². The van der Waals surface area contributed by atoms with Crippen molar-refractivity contribution >= 4 is 20.1 Å². The molecule has 25 heavy (non-hydrogen) atoms. The number of rotatable bonds is 7. The molecule has 0 amide bonds. The number of aryl methyl sites for hydroxylation is 1. The molecule has 0 aromatic heterocycles. The second-order valence-corrected chi connectivity index (χ2v) is 8.46. The lowest BCUT2D eigenvalue weighted by atomic mass is 9.94. The van der Waals surface area contributed by atoms with Gasteiger partial charge in [0.15, 0.2) is 0 Å². The lowest BCUT2D eigenvalue weighted by Gasteiger charge is -2.32. The van der Waals surface area contributed by atoms with Crippen molar-refractivity contribution in [2.75, 3.05) is 14.2 Å². The van der Waals surface area contributed by atoms with E-state index in [1.54, 1.807) is 26.3 Å². The van der Waals surface area contributed by atoms with E-state index in [1.165, 1.54) is 10.9 Å². The molecule has 2 aromatic carbocycles. The van der Waals surface area contributed by atoms with Gasteiger partial charge in [-0.1, -0.05) is 46.5 Å². The Bertz CT molecular complexity index is 758. The number of aliphatic imine (C=N–C) groups is 1. The van der Waals surface area contributed by atoms with Crippen LogP contribution in [-0.4, -0.2) is 25.5 Å². The van der Waals surface area contributed by atoms with Gasteiger partial charge in [-0.25, -0.2) is 0 Å². The number of hydrogen-bond donors (Lipinski definition) is 1. The van der Waals surface area contributed by atoms with E-state index >= 15 is 0 Å². The largest absolute Gasteiger partial charge is 0.508 e. The molecule has 2 rings (SSSR count). The van der Waals surface area contributed by atoms with Crippen LogP contribution in [0.15, 0.2) is 41.4 Å². The summed E-state index contributed by atoms with van der Waals surface area (Å²) in [5.74, 6) is 1.11. The third-order valence-corrected chi connectivity index (χ3v) is 6.23. The van der Waals surface area contributed by atoms with Crippen molar-refractivity contribution < 1.29 is 9.84 Å². The van der Waals surface area contributed by atoms with Gasteiger partial charge < -0.3 is 9.84 Å². The standard InChI is InChI=1S/C21H28NO2P/c1-6-11-21(3,18-13-17(24-5)8-9-19(18)23)25-20-10-7-15(2)12-16(20)14-22-4/h7-10,12-14,23,25H,6,11H2,1-5H3. The first kappa shape index (κ1) is 19.5. The highest BCUT2D eigenvalue weighted by Crippen LogP contribution is 2.49. The Hall–Kier alpha value is -1.86. The SMILES string of the molecule is CCCC(C)(Pc1ccc(C)cc1C=NC)c1cc(OC)ccc1O. The summed E-state index contributed by atoms with van der Waals surface area (Å²) in [5.41, 5.74) is 3.34. The molecule has 2 atom stereocenters. The summed E-state index contributed by atoms with van der Waals surface area (Å²) in [6, 6.07) is 12.0. The summed E-state index contributed by atoms with van der Waals surface area (Å²) in [6.07, 6.45) is 3.96. The maximum absolute atomic E-state index is 10.5. The maximum atomic E-state index is 10.5. The van der Waals surface area contributed by atoms with Crippen molar-refractivity contribution in [1.29, 1.82) is 0 Å². The van der Waals surface area contributed by atoms with E-state index in [0.29, 0.717) is 14.3 Å². The predicted molar refractivity (Wildman–Crippen MR) is 110 cm³/mol. The molecule has 0 heterocycles. The highest BCUT2D eigenvalue weighted by atomic mass is 31.1. The summed E-state index contributed by atoms with van der Waals surface area (Å²) in [4.78, 5) is 4.21. The van der Waals surface area contributed by atoms with E-state index in [4.69, 9.17) is 4.74 Å². The zero-order chi connectivity index (χ0) is 18.4.